The zero-order valence-corrected chi connectivity index (χ0v) is 11.6. The fourth-order valence-corrected chi connectivity index (χ4v) is 3.07. The number of Topliss-reactive ketones (excluding diaryl/α,β-unsaturated/α-hetero) is 1. The lowest BCUT2D eigenvalue weighted by molar-refractivity contribution is -0.119. The Labute approximate surface area is 118 Å². The van der Waals surface area contributed by atoms with Crippen LogP contribution in [-0.2, 0) is 17.4 Å². The van der Waals surface area contributed by atoms with Crippen LogP contribution in [0.3, 0.4) is 0 Å². The van der Waals surface area contributed by atoms with Crippen molar-refractivity contribution < 1.29 is 4.79 Å². The Morgan fingerprint density at radius 3 is 2.79 bits per heavy atom. The summed E-state index contributed by atoms with van der Waals surface area (Å²) in [6.07, 6.45) is 3.37. The molecule has 0 saturated carbocycles. The molecule has 19 heavy (non-hydrogen) atoms. The highest BCUT2D eigenvalue weighted by atomic mass is 32.1. The summed E-state index contributed by atoms with van der Waals surface area (Å²) in [5, 5.41) is 8.85. The van der Waals surface area contributed by atoms with Gasteiger partial charge in [-0.3, -0.25) is 9.78 Å². The molecule has 0 amide bonds. The van der Waals surface area contributed by atoms with Crippen molar-refractivity contribution in [2.75, 3.05) is 0 Å². The maximum absolute atomic E-state index is 11.9. The highest BCUT2D eigenvalue weighted by Crippen LogP contribution is 2.39. The Balaban J connectivity index is 2.54. The smallest absolute Gasteiger partial charge is 0.139 e. The predicted octanol–water partition coefficient (Wildman–Crippen LogP) is 1.86. The van der Waals surface area contributed by atoms with E-state index in [1.165, 1.54) is 6.92 Å². The van der Waals surface area contributed by atoms with Gasteiger partial charge in [0.2, 0.25) is 0 Å². The first kappa shape index (κ1) is 13.8. The molecule has 1 aliphatic rings. The molecule has 0 radical (unpaired) electrons. The molecule has 98 valence electrons. The average Bonchev–Trinajstić information content (AvgIpc) is 2.38. The normalized spacial score (nSPS) is 30.3. The van der Waals surface area contributed by atoms with Crippen LogP contribution in [0.15, 0.2) is 29.5 Å². The molecule has 0 bridgehead atoms. The molecule has 1 aromatic heterocycles. The lowest BCUT2D eigenvalue weighted by Crippen LogP contribution is -2.40. The number of hydrogen-bond acceptors (Lipinski definition) is 5. The molecular formula is C14H14N3OS-. The summed E-state index contributed by atoms with van der Waals surface area (Å²) >= 11 is 5.26. The van der Waals surface area contributed by atoms with Gasteiger partial charge in [-0.05, 0) is 25.5 Å². The van der Waals surface area contributed by atoms with Crippen LogP contribution in [0.2, 0.25) is 0 Å². The molecule has 2 heterocycles. The molecule has 1 unspecified atom stereocenters. The van der Waals surface area contributed by atoms with Crippen LogP contribution in [0, 0.1) is 23.2 Å². The zero-order chi connectivity index (χ0) is 14.0. The predicted molar refractivity (Wildman–Crippen MR) is 74.5 cm³/mol. The van der Waals surface area contributed by atoms with Gasteiger partial charge in [-0.25, -0.2) is 0 Å². The molecule has 0 spiro atoms. The number of aliphatic imine (C=N–C) groups is 1. The molecule has 1 aromatic rings. The quantitative estimate of drug-likeness (QED) is 0.771. The van der Waals surface area contributed by atoms with Gasteiger partial charge in [0.05, 0.1) is 17.9 Å². The zero-order valence-electron chi connectivity index (χ0n) is 10.8. The third-order valence-corrected chi connectivity index (χ3v) is 3.89. The first-order valence-corrected chi connectivity index (χ1v) is 6.53. The number of rotatable bonds is 2. The minimum atomic E-state index is -0.509. The van der Waals surface area contributed by atoms with Crippen LogP contribution in [0.1, 0.15) is 25.3 Å². The second-order valence-electron chi connectivity index (χ2n) is 4.72. The van der Waals surface area contributed by atoms with E-state index >= 15 is 0 Å². The summed E-state index contributed by atoms with van der Waals surface area (Å²) in [6.45, 7) is 3.34. The summed E-state index contributed by atoms with van der Waals surface area (Å²) in [7, 11) is 0. The first-order valence-electron chi connectivity index (χ1n) is 6.06. The Kier molecular flexibility index (Phi) is 4.01. The van der Waals surface area contributed by atoms with E-state index in [0.717, 1.165) is 5.56 Å². The molecule has 4 atom stereocenters. The Morgan fingerprint density at radius 2 is 2.26 bits per heavy atom. The van der Waals surface area contributed by atoms with Crippen molar-refractivity contribution in [3.05, 3.63) is 30.1 Å². The van der Waals surface area contributed by atoms with E-state index in [1.54, 1.807) is 18.5 Å². The number of nitrogens with zero attached hydrogens (tertiary/aromatic N) is 3. The van der Waals surface area contributed by atoms with Gasteiger partial charge in [-0.1, -0.05) is 11.4 Å². The third-order valence-electron chi connectivity index (χ3n) is 3.49. The molecule has 2 rings (SSSR count). The van der Waals surface area contributed by atoms with Gasteiger partial charge in [0.1, 0.15) is 5.78 Å². The van der Waals surface area contributed by atoms with Crippen LogP contribution < -0.4 is 0 Å². The van der Waals surface area contributed by atoms with E-state index in [2.05, 4.69) is 16.0 Å². The van der Waals surface area contributed by atoms with Crippen molar-refractivity contribution >= 4 is 24.1 Å². The number of nitriles is 1. The number of carbonyl (C=O) groups is 1. The van der Waals surface area contributed by atoms with Crippen molar-refractivity contribution in [2.24, 2.45) is 16.8 Å². The average molecular weight is 272 g/mol. The fourth-order valence-electron chi connectivity index (χ4n) is 2.67. The summed E-state index contributed by atoms with van der Waals surface area (Å²) in [5.74, 6) is -1.10. The number of carbonyl (C=O) groups excluding carboxylic acids is 1. The summed E-state index contributed by atoms with van der Waals surface area (Å²) < 4.78 is 0. The number of aromatic nitrogens is 1. The molecule has 0 saturated heterocycles. The van der Waals surface area contributed by atoms with Crippen molar-refractivity contribution in [3.63, 3.8) is 0 Å². The van der Waals surface area contributed by atoms with Crippen LogP contribution in [-0.4, -0.2) is 21.9 Å². The molecule has 5 heteroatoms. The van der Waals surface area contributed by atoms with Crippen LogP contribution in [0.5, 0.6) is 0 Å². The van der Waals surface area contributed by atoms with Gasteiger partial charge in [0, 0.05) is 24.0 Å². The maximum Gasteiger partial charge on any atom is 0.139 e. The third kappa shape index (κ3) is 2.54. The number of pyridine rings is 1. The molecule has 1 aliphatic heterocycles. The minimum absolute atomic E-state index is 0.0113. The maximum atomic E-state index is 11.9. The molecular weight excluding hydrogens is 258 g/mol. The highest BCUT2D eigenvalue weighted by molar-refractivity contribution is 7.59. The van der Waals surface area contributed by atoms with E-state index < -0.39 is 11.3 Å². The molecule has 0 N–H and O–H groups in total. The van der Waals surface area contributed by atoms with Crippen molar-refractivity contribution in [1.82, 2.24) is 4.98 Å². The Hall–Kier alpha value is -1.67. The van der Waals surface area contributed by atoms with E-state index in [4.69, 9.17) is 12.6 Å². The number of ketones is 1. The van der Waals surface area contributed by atoms with Crippen LogP contribution in [0.4, 0.5) is 0 Å². The summed E-state index contributed by atoms with van der Waals surface area (Å²) in [5.41, 5.74) is 1.59. The lowest BCUT2D eigenvalue weighted by atomic mass is 9.72. The van der Waals surface area contributed by atoms with Crippen LogP contribution in [0.25, 0.3) is 0 Å². The van der Waals surface area contributed by atoms with Gasteiger partial charge < -0.3 is 17.6 Å². The number of hydrogen-bond donors (Lipinski definition) is 0. The topological polar surface area (TPSA) is 66.1 Å². The van der Waals surface area contributed by atoms with E-state index in [1.807, 2.05) is 13.0 Å². The molecule has 4 nitrogen and oxygen atoms in total. The summed E-state index contributed by atoms with van der Waals surface area (Å²) in [6, 6.07) is 5.91. The van der Waals surface area contributed by atoms with Crippen molar-refractivity contribution in [2.45, 2.75) is 25.1 Å². The first-order chi connectivity index (χ1) is 9.06. The van der Waals surface area contributed by atoms with Crippen molar-refractivity contribution in [3.8, 4) is 6.07 Å². The van der Waals surface area contributed by atoms with E-state index in [0.29, 0.717) is 5.71 Å². The molecule has 0 aliphatic carbocycles. The molecule has 0 aromatic carbocycles. The van der Waals surface area contributed by atoms with Gasteiger partial charge in [-0.15, -0.1) is 0 Å². The molecule has 0 fully saturated rings. The van der Waals surface area contributed by atoms with Gasteiger partial charge in [0.15, 0.2) is 0 Å². The monoisotopic (exact) mass is 272 g/mol. The second-order valence-corrected chi connectivity index (χ2v) is 5.20. The lowest BCUT2D eigenvalue weighted by Gasteiger charge is -2.40. The highest BCUT2D eigenvalue weighted by Gasteiger charge is 2.39. The largest absolute Gasteiger partial charge is 0.765 e. The van der Waals surface area contributed by atoms with Gasteiger partial charge in [-0.2, -0.15) is 5.26 Å². The van der Waals surface area contributed by atoms with Crippen molar-refractivity contribution in [1.29, 1.82) is 5.26 Å². The Morgan fingerprint density at radius 1 is 1.53 bits per heavy atom. The SMILES string of the molecule is CC(=O)C1C(C)=N[C@@H]([S-])[C@H](C#N)[C@H]1c1cccnc1. The van der Waals surface area contributed by atoms with Gasteiger partial charge in [0.25, 0.3) is 0 Å². The fraction of sp³-hybridized carbons (Fsp3) is 0.429. The van der Waals surface area contributed by atoms with Crippen LogP contribution >= 0.6 is 0 Å². The summed E-state index contributed by atoms with van der Waals surface area (Å²) in [4.78, 5) is 20.3. The second kappa shape index (κ2) is 5.54. The van der Waals surface area contributed by atoms with E-state index in [-0.39, 0.29) is 17.6 Å². The minimum Gasteiger partial charge on any atom is -0.765 e. The van der Waals surface area contributed by atoms with E-state index in [9.17, 15) is 10.1 Å². The Bertz CT molecular complexity index is 550. The van der Waals surface area contributed by atoms with Gasteiger partial charge >= 0.3 is 0 Å². The standard InChI is InChI=1S/C14H15N3OS/c1-8-12(9(2)18)13(10-4-3-5-16-7-10)11(6-15)14(19)17-8/h3-5,7,11-14,19H,1-2H3/p-1/t11-,12?,13-,14+/m1/s1.